The highest BCUT2D eigenvalue weighted by molar-refractivity contribution is 5.97. The molecule has 7 heteroatoms. The molecule has 24 heavy (non-hydrogen) atoms. The summed E-state index contributed by atoms with van der Waals surface area (Å²) in [6.45, 7) is 4.30. The quantitative estimate of drug-likeness (QED) is 0.849. The van der Waals surface area contributed by atoms with Crippen molar-refractivity contribution in [3.63, 3.8) is 0 Å². The number of ether oxygens (including phenoxy) is 1. The number of halogens is 1. The number of amides is 1. The van der Waals surface area contributed by atoms with E-state index in [1.165, 1.54) is 0 Å². The van der Waals surface area contributed by atoms with Crippen molar-refractivity contribution < 1.29 is 13.9 Å². The average Bonchev–Trinajstić information content (AvgIpc) is 2.90. The van der Waals surface area contributed by atoms with E-state index in [1.807, 2.05) is 6.92 Å². The van der Waals surface area contributed by atoms with Gasteiger partial charge in [0.2, 0.25) is 0 Å². The highest BCUT2D eigenvalue weighted by atomic mass is 19.1. The van der Waals surface area contributed by atoms with E-state index < -0.39 is 6.17 Å². The van der Waals surface area contributed by atoms with E-state index in [-0.39, 0.29) is 11.6 Å². The van der Waals surface area contributed by atoms with Crippen LogP contribution in [-0.2, 0) is 11.3 Å². The molecule has 0 saturated carbocycles. The van der Waals surface area contributed by atoms with Gasteiger partial charge in [-0.25, -0.2) is 9.18 Å². The van der Waals surface area contributed by atoms with Gasteiger partial charge >= 0.3 is 5.69 Å². The van der Waals surface area contributed by atoms with Gasteiger partial charge in [0.25, 0.3) is 5.91 Å². The molecular weight excluding hydrogens is 313 g/mol. The van der Waals surface area contributed by atoms with E-state index >= 15 is 0 Å². The molecule has 1 aromatic heterocycles. The second-order valence-electron chi connectivity index (χ2n) is 5.98. The number of piperidine rings is 1. The van der Waals surface area contributed by atoms with Crippen molar-refractivity contribution in [2.45, 2.75) is 32.5 Å². The first-order chi connectivity index (χ1) is 11.6. The summed E-state index contributed by atoms with van der Waals surface area (Å²) in [5, 5.41) is 0. The number of aromatic nitrogens is 2. The maximum atomic E-state index is 13.2. The molecule has 2 aromatic rings. The van der Waals surface area contributed by atoms with Gasteiger partial charge in [0, 0.05) is 25.3 Å². The van der Waals surface area contributed by atoms with Gasteiger partial charge in [-0.15, -0.1) is 0 Å². The largest absolute Gasteiger partial charge is 0.380 e. The number of nitrogens with zero attached hydrogens (tertiary/aromatic N) is 2. The molecule has 2 heterocycles. The number of hydrogen-bond donors (Lipinski definition) is 1. The minimum absolute atomic E-state index is 0.119. The summed E-state index contributed by atoms with van der Waals surface area (Å²) in [5.74, 6) is -0.119. The summed E-state index contributed by atoms with van der Waals surface area (Å²) < 4.78 is 20.1. The molecule has 1 aromatic carbocycles. The Kier molecular flexibility index (Phi) is 4.99. The van der Waals surface area contributed by atoms with Gasteiger partial charge < -0.3 is 14.6 Å². The van der Waals surface area contributed by atoms with E-state index in [2.05, 4.69) is 4.98 Å². The van der Waals surface area contributed by atoms with Crippen LogP contribution in [0.2, 0.25) is 0 Å². The highest BCUT2D eigenvalue weighted by Crippen LogP contribution is 2.18. The molecule has 1 amide bonds. The number of imidazole rings is 1. The molecule has 1 fully saturated rings. The fourth-order valence-electron chi connectivity index (χ4n) is 3.05. The van der Waals surface area contributed by atoms with Gasteiger partial charge in [-0.1, -0.05) is 0 Å². The van der Waals surface area contributed by atoms with Crippen LogP contribution in [0.15, 0.2) is 23.0 Å². The molecule has 0 spiro atoms. The van der Waals surface area contributed by atoms with Crippen LogP contribution in [0.3, 0.4) is 0 Å². The van der Waals surface area contributed by atoms with Crippen LogP contribution in [0.25, 0.3) is 11.0 Å². The average molecular weight is 335 g/mol. The molecule has 0 radical (unpaired) electrons. The predicted molar refractivity (Wildman–Crippen MR) is 89.1 cm³/mol. The molecule has 0 unspecified atom stereocenters. The monoisotopic (exact) mass is 335 g/mol. The molecule has 0 aliphatic carbocycles. The van der Waals surface area contributed by atoms with Crippen LogP contribution in [0, 0.1) is 0 Å². The van der Waals surface area contributed by atoms with Crippen molar-refractivity contribution in [3.05, 3.63) is 34.2 Å². The number of alkyl halides is 1. The third kappa shape index (κ3) is 3.36. The molecule has 6 nitrogen and oxygen atoms in total. The van der Waals surface area contributed by atoms with Crippen molar-refractivity contribution in [2.24, 2.45) is 0 Å². The zero-order chi connectivity index (χ0) is 17.1. The summed E-state index contributed by atoms with van der Waals surface area (Å²) in [6.07, 6.45) is -0.0377. The number of H-pyrrole nitrogens is 1. The van der Waals surface area contributed by atoms with Crippen molar-refractivity contribution in [1.82, 2.24) is 14.5 Å². The second-order valence-corrected chi connectivity index (χ2v) is 5.98. The first-order valence-corrected chi connectivity index (χ1v) is 8.33. The van der Waals surface area contributed by atoms with Crippen LogP contribution in [0.5, 0.6) is 0 Å². The Morgan fingerprint density at radius 1 is 1.38 bits per heavy atom. The smallest absolute Gasteiger partial charge is 0.326 e. The summed E-state index contributed by atoms with van der Waals surface area (Å²) in [6, 6.07) is 5.18. The zero-order valence-corrected chi connectivity index (χ0v) is 13.8. The first-order valence-electron chi connectivity index (χ1n) is 8.33. The van der Waals surface area contributed by atoms with E-state index in [9.17, 15) is 14.0 Å². The second kappa shape index (κ2) is 7.17. The number of aromatic amines is 1. The van der Waals surface area contributed by atoms with Gasteiger partial charge in [-0.3, -0.25) is 9.36 Å². The predicted octanol–water partition coefficient (Wildman–Crippen LogP) is 1.94. The van der Waals surface area contributed by atoms with E-state index in [0.29, 0.717) is 56.8 Å². The van der Waals surface area contributed by atoms with Crippen LogP contribution < -0.4 is 5.69 Å². The number of rotatable bonds is 5. The number of hydrogen-bond acceptors (Lipinski definition) is 3. The molecule has 3 rings (SSSR count). The Balaban J connectivity index is 1.81. The Morgan fingerprint density at radius 3 is 2.83 bits per heavy atom. The molecule has 1 saturated heterocycles. The van der Waals surface area contributed by atoms with Crippen LogP contribution in [0.1, 0.15) is 30.1 Å². The van der Waals surface area contributed by atoms with Gasteiger partial charge in [-0.2, -0.15) is 0 Å². The number of benzene rings is 1. The molecule has 1 aliphatic heterocycles. The summed E-state index contributed by atoms with van der Waals surface area (Å²) in [7, 11) is 0. The van der Waals surface area contributed by atoms with E-state index in [0.717, 1.165) is 5.52 Å². The van der Waals surface area contributed by atoms with Crippen LogP contribution in [0.4, 0.5) is 4.39 Å². The fraction of sp³-hybridized carbons (Fsp3) is 0.529. The third-order valence-corrected chi connectivity index (χ3v) is 4.40. The Hall–Kier alpha value is -2.15. The number of carbonyl (C=O) groups is 1. The van der Waals surface area contributed by atoms with E-state index in [1.54, 1.807) is 27.7 Å². The van der Waals surface area contributed by atoms with Gasteiger partial charge in [0.15, 0.2) is 0 Å². The fourth-order valence-corrected chi connectivity index (χ4v) is 3.05. The van der Waals surface area contributed by atoms with Gasteiger partial charge in [0.05, 0.1) is 24.2 Å². The number of carbonyl (C=O) groups excluding carboxylic acids is 1. The van der Waals surface area contributed by atoms with Gasteiger partial charge in [-0.05, 0) is 38.0 Å². The minimum atomic E-state index is -0.813. The lowest BCUT2D eigenvalue weighted by Gasteiger charge is -2.28. The lowest BCUT2D eigenvalue weighted by Crippen LogP contribution is -2.39. The Labute approximate surface area is 139 Å². The first kappa shape index (κ1) is 16.7. The van der Waals surface area contributed by atoms with Crippen LogP contribution in [-0.4, -0.2) is 52.8 Å². The lowest BCUT2D eigenvalue weighted by molar-refractivity contribution is 0.0667. The molecule has 0 bridgehead atoms. The Morgan fingerprint density at radius 2 is 2.12 bits per heavy atom. The van der Waals surface area contributed by atoms with Crippen molar-refractivity contribution in [3.8, 4) is 0 Å². The van der Waals surface area contributed by atoms with Gasteiger partial charge in [0.1, 0.15) is 6.17 Å². The zero-order valence-electron chi connectivity index (χ0n) is 13.8. The summed E-state index contributed by atoms with van der Waals surface area (Å²) in [5.41, 5.74) is 1.67. The Bertz CT molecular complexity index is 775. The minimum Gasteiger partial charge on any atom is -0.380 e. The third-order valence-electron chi connectivity index (χ3n) is 4.40. The topological polar surface area (TPSA) is 67.3 Å². The van der Waals surface area contributed by atoms with E-state index in [4.69, 9.17) is 4.74 Å². The van der Waals surface area contributed by atoms with Crippen molar-refractivity contribution in [1.29, 1.82) is 0 Å². The van der Waals surface area contributed by atoms with Crippen molar-refractivity contribution >= 4 is 16.9 Å². The van der Waals surface area contributed by atoms with Crippen LogP contribution >= 0.6 is 0 Å². The maximum Gasteiger partial charge on any atom is 0.326 e. The number of nitrogens with one attached hydrogen (secondary N) is 1. The SMILES string of the molecule is CCOCCn1c(=O)[nH]c2cc(C(=O)N3CCC(F)CC3)ccc21. The normalized spacial score (nSPS) is 16.0. The van der Waals surface area contributed by atoms with Crippen molar-refractivity contribution in [2.75, 3.05) is 26.3 Å². The summed E-state index contributed by atoms with van der Waals surface area (Å²) >= 11 is 0. The molecular formula is C17H22FN3O3. The standard InChI is InChI=1S/C17H22FN3O3/c1-2-24-10-9-21-15-4-3-12(11-14(15)19-17(21)23)16(22)20-7-5-13(18)6-8-20/h3-4,11,13H,2,5-10H2,1H3,(H,19,23). The molecule has 130 valence electrons. The lowest BCUT2D eigenvalue weighted by atomic mass is 10.1. The molecule has 1 N–H and O–H groups in total. The number of likely N-dealkylation sites (tertiary alicyclic amines) is 1. The number of fused-ring (bicyclic) bond motifs is 1. The summed E-state index contributed by atoms with van der Waals surface area (Å²) in [4.78, 5) is 29.1. The highest BCUT2D eigenvalue weighted by Gasteiger charge is 2.23. The molecule has 1 aliphatic rings. The maximum absolute atomic E-state index is 13.2. The molecule has 0 atom stereocenters.